The van der Waals surface area contributed by atoms with E-state index in [0.717, 1.165) is 0 Å². The minimum absolute atomic E-state index is 0.108. The van der Waals surface area contributed by atoms with Gasteiger partial charge in [-0.1, -0.05) is 30.3 Å². The zero-order valence-electron chi connectivity index (χ0n) is 9.37. The normalized spacial score (nSPS) is 10.3. The van der Waals surface area contributed by atoms with Crippen LogP contribution in [-0.2, 0) is 10.7 Å². The molecule has 0 unspecified atom stereocenters. The smallest absolute Gasteiger partial charge is 0.255 e. The summed E-state index contributed by atoms with van der Waals surface area (Å²) in [5, 5.41) is 2.59. The van der Waals surface area contributed by atoms with Crippen LogP contribution < -0.4 is 5.32 Å². The van der Waals surface area contributed by atoms with Gasteiger partial charge in [-0.3, -0.25) is 4.79 Å². The first-order chi connectivity index (χ1) is 8.68. The van der Waals surface area contributed by atoms with Crippen LogP contribution >= 0.6 is 0 Å². The molecular weight excluding hydrogens is 250 g/mol. The monoisotopic (exact) mass is 261 g/mol. The number of nitrogens with one attached hydrogen (secondary N) is 1. The Morgan fingerprint density at radius 2 is 1.50 bits per heavy atom. The van der Waals surface area contributed by atoms with Gasteiger partial charge in [-0.2, -0.15) is 0 Å². The number of hydrogen-bond donors (Lipinski definition) is 2. The number of para-hydroxylation sites is 1. The number of thiol groups is 1. The zero-order valence-corrected chi connectivity index (χ0v) is 10.3. The second-order valence-corrected chi connectivity index (χ2v) is 4.59. The number of carbonyl (C=O) groups excluding carboxylic acids is 1. The Hall–Kier alpha value is -2.14. The molecule has 1 N–H and O–H groups in total. The van der Waals surface area contributed by atoms with E-state index in [0.29, 0.717) is 11.3 Å². The summed E-state index contributed by atoms with van der Waals surface area (Å²) in [6, 6.07) is 14.9. The van der Waals surface area contributed by atoms with E-state index >= 15 is 0 Å². The van der Waals surface area contributed by atoms with E-state index in [2.05, 4.69) is 5.32 Å². The summed E-state index contributed by atoms with van der Waals surface area (Å²) in [6.07, 6.45) is 0. The molecule has 5 heteroatoms. The maximum Gasteiger partial charge on any atom is 0.255 e. The van der Waals surface area contributed by atoms with Gasteiger partial charge in [0.2, 0.25) is 0 Å². The number of carbonyl (C=O) groups is 1. The highest BCUT2D eigenvalue weighted by Gasteiger charge is 2.09. The fourth-order valence-corrected chi connectivity index (χ4v) is 2.06. The lowest BCUT2D eigenvalue weighted by Crippen LogP contribution is -2.12. The molecular formula is C13H11NO3S. The van der Waals surface area contributed by atoms with Crippen LogP contribution in [0.2, 0.25) is 0 Å². The molecule has 0 fully saturated rings. The third-order valence-corrected chi connectivity index (χ3v) is 3.17. The Bertz CT molecular complexity index is 628. The Morgan fingerprint density at radius 3 is 2.17 bits per heavy atom. The molecule has 18 heavy (non-hydrogen) atoms. The van der Waals surface area contributed by atoms with Gasteiger partial charge in [0.1, 0.15) is 0 Å². The Balaban J connectivity index is 2.28. The zero-order chi connectivity index (χ0) is 13.0. The summed E-state index contributed by atoms with van der Waals surface area (Å²) < 4.78 is 22.1. The lowest BCUT2D eigenvalue weighted by Gasteiger charge is -2.07. The predicted octanol–water partition coefficient (Wildman–Crippen LogP) is 1.91. The molecule has 2 aromatic rings. The molecule has 2 rings (SSSR count). The number of rotatable bonds is 3. The maximum absolute atomic E-state index is 11.9. The van der Waals surface area contributed by atoms with Crippen LogP contribution in [0.5, 0.6) is 0 Å². The predicted molar refractivity (Wildman–Crippen MR) is 69.4 cm³/mol. The molecule has 0 atom stereocenters. The van der Waals surface area contributed by atoms with Gasteiger partial charge in [-0.25, -0.2) is 8.42 Å². The standard InChI is InChI=1S/C13H11NO3S/c15-13(10-6-2-1-3-7-10)14-11-8-4-5-9-12(11)18(16)17/h1-9,18H,(H,14,15). The Morgan fingerprint density at radius 1 is 0.889 bits per heavy atom. The van der Waals surface area contributed by atoms with Crippen LogP contribution in [0, 0.1) is 0 Å². The number of anilines is 1. The van der Waals surface area contributed by atoms with Gasteiger partial charge in [0.15, 0.2) is 10.7 Å². The maximum atomic E-state index is 11.9. The second kappa shape index (κ2) is 5.46. The molecule has 4 nitrogen and oxygen atoms in total. The van der Waals surface area contributed by atoms with Gasteiger partial charge in [0, 0.05) is 5.56 Å². The van der Waals surface area contributed by atoms with Crippen LogP contribution in [0.25, 0.3) is 0 Å². The van der Waals surface area contributed by atoms with Crippen LogP contribution in [0.3, 0.4) is 0 Å². The molecule has 0 saturated carbocycles. The lowest BCUT2D eigenvalue weighted by molar-refractivity contribution is 0.102. The third-order valence-electron chi connectivity index (χ3n) is 2.38. The quantitative estimate of drug-likeness (QED) is 0.830. The van der Waals surface area contributed by atoms with Crippen molar-refractivity contribution in [3.63, 3.8) is 0 Å². The average Bonchev–Trinajstić information content (AvgIpc) is 2.40. The molecule has 0 heterocycles. The molecule has 0 radical (unpaired) electrons. The highest BCUT2D eigenvalue weighted by atomic mass is 32.2. The van der Waals surface area contributed by atoms with E-state index in [4.69, 9.17) is 0 Å². The van der Waals surface area contributed by atoms with E-state index < -0.39 is 10.7 Å². The summed E-state index contributed by atoms with van der Waals surface area (Å²) in [6.45, 7) is 0. The SMILES string of the molecule is O=C(Nc1ccccc1[SH](=O)=O)c1ccccc1. The van der Waals surface area contributed by atoms with E-state index in [1.165, 1.54) is 6.07 Å². The molecule has 92 valence electrons. The second-order valence-electron chi connectivity index (χ2n) is 3.59. The molecule has 0 aliphatic carbocycles. The van der Waals surface area contributed by atoms with Gasteiger partial charge in [-0.05, 0) is 24.3 Å². The largest absolute Gasteiger partial charge is 0.321 e. The van der Waals surface area contributed by atoms with Gasteiger partial charge < -0.3 is 5.32 Å². The van der Waals surface area contributed by atoms with E-state index in [-0.39, 0.29) is 10.8 Å². The van der Waals surface area contributed by atoms with Crippen molar-refractivity contribution in [2.24, 2.45) is 0 Å². The van der Waals surface area contributed by atoms with Crippen LogP contribution in [0.4, 0.5) is 5.69 Å². The van der Waals surface area contributed by atoms with Crippen molar-refractivity contribution in [2.75, 3.05) is 5.32 Å². The third kappa shape index (κ3) is 2.75. The first-order valence-electron chi connectivity index (χ1n) is 5.28. The summed E-state index contributed by atoms with van der Waals surface area (Å²) in [4.78, 5) is 12.0. The van der Waals surface area contributed by atoms with Gasteiger partial charge in [-0.15, -0.1) is 0 Å². The Labute approximate surface area is 106 Å². The molecule has 1 amide bonds. The number of amides is 1. The van der Waals surface area contributed by atoms with Crippen LogP contribution in [-0.4, -0.2) is 14.3 Å². The van der Waals surface area contributed by atoms with Crippen molar-refractivity contribution in [1.29, 1.82) is 0 Å². The average molecular weight is 261 g/mol. The van der Waals surface area contributed by atoms with Crippen molar-refractivity contribution in [3.8, 4) is 0 Å². The van der Waals surface area contributed by atoms with E-state index in [1.807, 2.05) is 0 Å². The summed E-state index contributed by atoms with van der Waals surface area (Å²) in [5.74, 6) is -0.333. The molecule has 0 spiro atoms. The highest BCUT2D eigenvalue weighted by Crippen LogP contribution is 2.17. The number of hydrogen-bond acceptors (Lipinski definition) is 3. The fourth-order valence-electron chi connectivity index (χ4n) is 1.52. The van der Waals surface area contributed by atoms with Gasteiger partial charge in [0.05, 0.1) is 10.6 Å². The first-order valence-corrected chi connectivity index (χ1v) is 6.46. The van der Waals surface area contributed by atoms with Crippen molar-refractivity contribution in [1.82, 2.24) is 0 Å². The van der Waals surface area contributed by atoms with Crippen molar-refractivity contribution >= 4 is 22.3 Å². The van der Waals surface area contributed by atoms with Crippen molar-refractivity contribution in [3.05, 3.63) is 60.2 Å². The fraction of sp³-hybridized carbons (Fsp3) is 0. The summed E-state index contributed by atoms with van der Waals surface area (Å²) >= 11 is 0. The highest BCUT2D eigenvalue weighted by molar-refractivity contribution is 7.72. The Kier molecular flexibility index (Phi) is 3.74. The van der Waals surface area contributed by atoms with Crippen LogP contribution in [0.1, 0.15) is 10.4 Å². The van der Waals surface area contributed by atoms with Crippen LogP contribution in [0.15, 0.2) is 59.5 Å². The van der Waals surface area contributed by atoms with E-state index in [9.17, 15) is 13.2 Å². The van der Waals surface area contributed by atoms with Crippen molar-refractivity contribution in [2.45, 2.75) is 4.90 Å². The molecule has 2 aromatic carbocycles. The van der Waals surface area contributed by atoms with Gasteiger partial charge in [0.25, 0.3) is 5.91 Å². The molecule has 0 saturated heterocycles. The molecule has 0 aliphatic heterocycles. The lowest BCUT2D eigenvalue weighted by atomic mass is 10.2. The number of benzene rings is 2. The summed E-state index contributed by atoms with van der Waals surface area (Å²) in [7, 11) is -2.73. The topological polar surface area (TPSA) is 63.2 Å². The minimum Gasteiger partial charge on any atom is -0.321 e. The van der Waals surface area contributed by atoms with Gasteiger partial charge >= 0.3 is 0 Å². The minimum atomic E-state index is -2.73. The first kappa shape index (κ1) is 12.3. The van der Waals surface area contributed by atoms with Crippen molar-refractivity contribution < 1.29 is 13.2 Å². The molecule has 0 aliphatic rings. The summed E-state index contributed by atoms with van der Waals surface area (Å²) in [5.41, 5.74) is 0.774. The van der Waals surface area contributed by atoms with E-state index in [1.54, 1.807) is 48.5 Å². The molecule has 0 aromatic heterocycles. The molecule has 0 bridgehead atoms.